The minimum atomic E-state index is -0.732. The van der Waals surface area contributed by atoms with E-state index in [2.05, 4.69) is 10.6 Å². The maximum Gasteiger partial charge on any atom is 0.325 e. The first kappa shape index (κ1) is 20.6. The van der Waals surface area contributed by atoms with E-state index < -0.39 is 23.4 Å². The second-order valence-corrected chi connectivity index (χ2v) is 6.59. The van der Waals surface area contributed by atoms with Crippen LogP contribution in [-0.2, 0) is 19.1 Å². The number of nitrogens with zero attached hydrogens (tertiary/aromatic N) is 1. The van der Waals surface area contributed by atoms with Crippen LogP contribution in [0.5, 0.6) is 0 Å². The molecule has 1 aliphatic carbocycles. The van der Waals surface area contributed by atoms with Gasteiger partial charge in [-0.25, -0.2) is 0 Å². The minimum absolute atomic E-state index is 0.0105. The molecule has 0 aliphatic heterocycles. The molecule has 10 heteroatoms. The number of halogens is 1. The first-order chi connectivity index (χ1) is 12.9. The van der Waals surface area contributed by atoms with E-state index in [0.717, 1.165) is 38.2 Å². The van der Waals surface area contributed by atoms with Gasteiger partial charge in [0, 0.05) is 18.1 Å². The monoisotopic (exact) mass is 397 g/mol. The van der Waals surface area contributed by atoms with Gasteiger partial charge in [-0.2, -0.15) is 0 Å². The predicted octanol–water partition coefficient (Wildman–Crippen LogP) is 2.43. The van der Waals surface area contributed by atoms with Crippen molar-refractivity contribution in [2.75, 3.05) is 18.5 Å². The number of non-ortho nitro benzene ring substituents is 1. The van der Waals surface area contributed by atoms with Crippen molar-refractivity contribution >= 4 is 40.8 Å². The van der Waals surface area contributed by atoms with Crippen molar-refractivity contribution in [1.29, 1.82) is 0 Å². The number of hydrogen-bond donors (Lipinski definition) is 2. The summed E-state index contributed by atoms with van der Waals surface area (Å²) in [5.74, 6) is -1.63. The Morgan fingerprint density at radius 3 is 2.56 bits per heavy atom. The van der Waals surface area contributed by atoms with Crippen LogP contribution in [0.1, 0.15) is 32.1 Å². The number of nitro benzene ring substituents is 1. The Kier molecular flexibility index (Phi) is 7.54. The van der Waals surface area contributed by atoms with Gasteiger partial charge >= 0.3 is 5.97 Å². The highest BCUT2D eigenvalue weighted by molar-refractivity contribution is 6.34. The summed E-state index contributed by atoms with van der Waals surface area (Å²) < 4.78 is 4.80. The number of benzene rings is 1. The normalized spacial score (nSPS) is 14.3. The van der Waals surface area contributed by atoms with E-state index in [-0.39, 0.29) is 34.8 Å². The molecule has 146 valence electrons. The number of rotatable bonds is 7. The van der Waals surface area contributed by atoms with Crippen LogP contribution in [0.3, 0.4) is 0 Å². The smallest absolute Gasteiger partial charge is 0.325 e. The zero-order valence-corrected chi connectivity index (χ0v) is 15.3. The van der Waals surface area contributed by atoms with E-state index in [1.54, 1.807) is 0 Å². The van der Waals surface area contributed by atoms with Gasteiger partial charge in [-0.05, 0) is 18.9 Å². The molecule has 27 heavy (non-hydrogen) atoms. The summed E-state index contributed by atoms with van der Waals surface area (Å²) in [6.07, 6.45) is 4.78. The number of amides is 2. The summed E-state index contributed by atoms with van der Waals surface area (Å²) in [6, 6.07) is 3.57. The Morgan fingerprint density at radius 2 is 1.93 bits per heavy atom. The standard InChI is InChI=1S/C17H20ClN3O6/c18-13-8-12(21(25)26)6-7-14(13)20-15(22)10-27-16(23)9-19-17(24)11-4-2-1-3-5-11/h6-8,11H,1-5,9-10H2,(H,19,24)(H,20,22). The molecule has 0 radical (unpaired) electrons. The molecule has 1 fully saturated rings. The third kappa shape index (κ3) is 6.52. The molecule has 1 saturated carbocycles. The number of nitrogens with one attached hydrogen (secondary N) is 2. The van der Waals surface area contributed by atoms with Gasteiger partial charge in [0.05, 0.1) is 15.6 Å². The zero-order chi connectivity index (χ0) is 19.8. The number of hydrogen-bond acceptors (Lipinski definition) is 6. The molecule has 2 amide bonds. The molecule has 0 aromatic heterocycles. The molecular formula is C17H20ClN3O6. The second-order valence-electron chi connectivity index (χ2n) is 6.18. The maximum atomic E-state index is 11.9. The van der Waals surface area contributed by atoms with Gasteiger partial charge in [0.2, 0.25) is 5.91 Å². The number of nitro groups is 1. The minimum Gasteiger partial charge on any atom is -0.454 e. The molecule has 2 rings (SSSR count). The van der Waals surface area contributed by atoms with Crippen LogP contribution in [0.4, 0.5) is 11.4 Å². The van der Waals surface area contributed by atoms with E-state index in [4.69, 9.17) is 16.3 Å². The topological polar surface area (TPSA) is 128 Å². The average Bonchev–Trinajstić information content (AvgIpc) is 2.66. The molecule has 9 nitrogen and oxygen atoms in total. The molecule has 0 saturated heterocycles. The summed E-state index contributed by atoms with van der Waals surface area (Å²) in [5.41, 5.74) is -0.0490. The van der Waals surface area contributed by atoms with Crippen LogP contribution in [0.15, 0.2) is 18.2 Å². The van der Waals surface area contributed by atoms with Crippen molar-refractivity contribution in [3.63, 3.8) is 0 Å². The van der Waals surface area contributed by atoms with Gasteiger partial charge in [0.1, 0.15) is 6.54 Å². The summed E-state index contributed by atoms with van der Waals surface area (Å²) in [5, 5.41) is 15.5. The summed E-state index contributed by atoms with van der Waals surface area (Å²) >= 11 is 5.86. The Balaban J connectivity index is 1.72. The van der Waals surface area contributed by atoms with Gasteiger partial charge in [-0.3, -0.25) is 24.5 Å². The van der Waals surface area contributed by atoms with Crippen molar-refractivity contribution in [3.05, 3.63) is 33.3 Å². The Labute approximate surface area is 160 Å². The molecule has 2 N–H and O–H groups in total. The molecule has 0 spiro atoms. The summed E-state index contributed by atoms with van der Waals surface area (Å²) in [4.78, 5) is 45.4. The second kappa shape index (κ2) is 9.86. The predicted molar refractivity (Wildman–Crippen MR) is 97.3 cm³/mol. The van der Waals surface area contributed by atoms with Crippen molar-refractivity contribution in [2.24, 2.45) is 5.92 Å². The van der Waals surface area contributed by atoms with Gasteiger partial charge in [0.25, 0.3) is 11.6 Å². The SMILES string of the molecule is O=C(COC(=O)CNC(=O)C1CCCCC1)Nc1ccc([N+](=O)[O-])cc1Cl. The largest absolute Gasteiger partial charge is 0.454 e. The average molecular weight is 398 g/mol. The molecular weight excluding hydrogens is 378 g/mol. The Morgan fingerprint density at radius 1 is 1.22 bits per heavy atom. The fourth-order valence-electron chi connectivity index (χ4n) is 2.77. The van der Waals surface area contributed by atoms with Gasteiger partial charge in [-0.15, -0.1) is 0 Å². The van der Waals surface area contributed by atoms with Gasteiger partial charge in [-0.1, -0.05) is 30.9 Å². The number of ether oxygens (including phenoxy) is 1. The lowest BCUT2D eigenvalue weighted by molar-refractivity contribution is -0.384. The van der Waals surface area contributed by atoms with Crippen molar-refractivity contribution in [1.82, 2.24) is 5.32 Å². The Bertz CT molecular complexity index is 733. The highest BCUT2D eigenvalue weighted by Crippen LogP contribution is 2.26. The van der Waals surface area contributed by atoms with Crippen LogP contribution < -0.4 is 10.6 Å². The molecule has 1 aromatic carbocycles. The number of carbonyl (C=O) groups is 3. The van der Waals surface area contributed by atoms with Crippen LogP contribution in [0.25, 0.3) is 0 Å². The maximum absolute atomic E-state index is 11.9. The highest BCUT2D eigenvalue weighted by atomic mass is 35.5. The van der Waals surface area contributed by atoms with Crippen LogP contribution >= 0.6 is 11.6 Å². The van der Waals surface area contributed by atoms with E-state index in [0.29, 0.717) is 0 Å². The number of anilines is 1. The lowest BCUT2D eigenvalue weighted by atomic mass is 9.89. The fraction of sp³-hybridized carbons (Fsp3) is 0.471. The van der Waals surface area contributed by atoms with Gasteiger partial charge < -0.3 is 15.4 Å². The first-order valence-corrected chi connectivity index (χ1v) is 8.91. The molecule has 1 aliphatic rings. The van der Waals surface area contributed by atoms with Crippen molar-refractivity contribution in [2.45, 2.75) is 32.1 Å². The molecule has 0 heterocycles. The van der Waals surface area contributed by atoms with Crippen molar-refractivity contribution < 1.29 is 24.0 Å². The molecule has 1 aromatic rings. The lowest BCUT2D eigenvalue weighted by Crippen LogP contribution is -2.36. The Hall–Kier alpha value is -2.68. The lowest BCUT2D eigenvalue weighted by Gasteiger charge is -2.20. The fourth-order valence-corrected chi connectivity index (χ4v) is 2.99. The third-order valence-electron chi connectivity index (χ3n) is 4.18. The van der Waals surface area contributed by atoms with Gasteiger partial charge in [0.15, 0.2) is 6.61 Å². The third-order valence-corrected chi connectivity index (χ3v) is 4.50. The highest BCUT2D eigenvalue weighted by Gasteiger charge is 2.21. The molecule has 0 unspecified atom stereocenters. The molecule has 0 bridgehead atoms. The van der Waals surface area contributed by atoms with Crippen LogP contribution in [-0.4, -0.2) is 35.9 Å². The molecule has 0 atom stereocenters. The first-order valence-electron chi connectivity index (χ1n) is 8.54. The van der Waals surface area contributed by atoms with E-state index in [1.165, 1.54) is 12.1 Å². The summed E-state index contributed by atoms with van der Waals surface area (Å²) in [7, 11) is 0. The van der Waals surface area contributed by atoms with Crippen LogP contribution in [0, 0.1) is 16.0 Å². The van der Waals surface area contributed by atoms with E-state index >= 15 is 0 Å². The summed E-state index contributed by atoms with van der Waals surface area (Å²) in [6.45, 7) is -0.869. The number of esters is 1. The quantitative estimate of drug-likeness (QED) is 0.413. The zero-order valence-electron chi connectivity index (χ0n) is 14.5. The van der Waals surface area contributed by atoms with Crippen molar-refractivity contribution in [3.8, 4) is 0 Å². The van der Waals surface area contributed by atoms with E-state index in [1.807, 2.05) is 0 Å². The van der Waals surface area contributed by atoms with E-state index in [9.17, 15) is 24.5 Å². The van der Waals surface area contributed by atoms with Crippen LogP contribution in [0.2, 0.25) is 5.02 Å². The number of carbonyl (C=O) groups excluding carboxylic acids is 3.